The number of nitrogens with zero attached hydrogens (tertiary/aromatic N) is 4. The zero-order valence-corrected chi connectivity index (χ0v) is 23.9. The third-order valence-corrected chi connectivity index (χ3v) is 8.11. The molecule has 8 heteroatoms. The van der Waals surface area contributed by atoms with Gasteiger partial charge in [-0.3, -0.25) is 24.2 Å². The van der Waals surface area contributed by atoms with Crippen LogP contribution in [0.3, 0.4) is 0 Å². The van der Waals surface area contributed by atoms with E-state index >= 15 is 0 Å². The predicted molar refractivity (Wildman–Crippen MR) is 155 cm³/mol. The van der Waals surface area contributed by atoms with E-state index in [2.05, 4.69) is 42.9 Å². The summed E-state index contributed by atoms with van der Waals surface area (Å²) in [6.45, 7) is 11.9. The van der Waals surface area contributed by atoms with Crippen LogP contribution in [0, 0.1) is 11.3 Å². The molecule has 2 aliphatic heterocycles. The van der Waals surface area contributed by atoms with Gasteiger partial charge in [0.25, 0.3) is 5.91 Å². The van der Waals surface area contributed by atoms with Crippen molar-refractivity contribution in [2.45, 2.75) is 66.2 Å². The second-order valence-corrected chi connectivity index (χ2v) is 11.5. The lowest BCUT2D eigenvalue weighted by atomic mass is 9.86. The molecule has 1 aromatic heterocycles. The summed E-state index contributed by atoms with van der Waals surface area (Å²) in [5.41, 5.74) is 1.33. The molecule has 0 spiro atoms. The van der Waals surface area contributed by atoms with Crippen LogP contribution in [0.2, 0.25) is 0 Å². The molecule has 3 amide bonds. The van der Waals surface area contributed by atoms with E-state index in [1.807, 2.05) is 29.2 Å². The molecule has 0 saturated carbocycles. The first kappa shape index (κ1) is 28.7. The van der Waals surface area contributed by atoms with Crippen LogP contribution in [0.1, 0.15) is 76.6 Å². The van der Waals surface area contributed by atoms with E-state index in [9.17, 15) is 14.4 Å². The summed E-state index contributed by atoms with van der Waals surface area (Å²) in [6, 6.07) is 10.8. The third kappa shape index (κ3) is 6.67. The van der Waals surface area contributed by atoms with Crippen molar-refractivity contribution in [2.24, 2.45) is 11.3 Å². The van der Waals surface area contributed by atoms with Gasteiger partial charge in [0.1, 0.15) is 0 Å². The zero-order chi connectivity index (χ0) is 28.0. The minimum atomic E-state index is -0.296. The van der Waals surface area contributed by atoms with Gasteiger partial charge in [-0.1, -0.05) is 39.3 Å². The maximum absolute atomic E-state index is 13.7. The van der Waals surface area contributed by atoms with Crippen molar-refractivity contribution in [1.82, 2.24) is 14.8 Å². The van der Waals surface area contributed by atoms with E-state index < -0.39 is 0 Å². The summed E-state index contributed by atoms with van der Waals surface area (Å²) in [7, 11) is 0. The Balaban J connectivity index is 1.32. The lowest BCUT2D eigenvalue weighted by Gasteiger charge is -2.34. The van der Waals surface area contributed by atoms with Crippen LogP contribution in [0.15, 0.2) is 42.6 Å². The molecule has 1 N–H and O–H groups in total. The van der Waals surface area contributed by atoms with Crippen molar-refractivity contribution in [3.8, 4) is 0 Å². The SMILES string of the molecule is CCCC(C)(C)C(=O)N(CC)CCCC1CCN(CC(=O)N2c3ccccc3NC(=O)c3cccnc32)CC1. The van der Waals surface area contributed by atoms with Crippen LogP contribution in [0.25, 0.3) is 0 Å². The predicted octanol–water partition coefficient (Wildman–Crippen LogP) is 5.48. The van der Waals surface area contributed by atoms with Crippen molar-refractivity contribution in [3.63, 3.8) is 0 Å². The Labute approximate surface area is 232 Å². The molecule has 0 bridgehead atoms. The van der Waals surface area contributed by atoms with E-state index in [0.717, 1.165) is 64.7 Å². The monoisotopic (exact) mass is 533 g/mol. The normalized spacial score (nSPS) is 16.2. The third-order valence-electron chi connectivity index (χ3n) is 8.11. The summed E-state index contributed by atoms with van der Waals surface area (Å²) < 4.78 is 0. The Morgan fingerprint density at radius 1 is 1.10 bits per heavy atom. The Bertz CT molecular complexity index is 1170. The molecule has 1 fully saturated rings. The second-order valence-electron chi connectivity index (χ2n) is 11.5. The first-order chi connectivity index (χ1) is 18.7. The minimum Gasteiger partial charge on any atom is -0.343 e. The Morgan fingerprint density at radius 3 is 2.56 bits per heavy atom. The highest BCUT2D eigenvalue weighted by atomic mass is 16.2. The van der Waals surface area contributed by atoms with Gasteiger partial charge in [-0.2, -0.15) is 0 Å². The molecule has 0 unspecified atom stereocenters. The topological polar surface area (TPSA) is 85.9 Å². The number of nitrogens with one attached hydrogen (secondary N) is 1. The molecule has 0 radical (unpaired) electrons. The van der Waals surface area contributed by atoms with E-state index in [-0.39, 0.29) is 29.7 Å². The number of anilines is 3. The molecule has 3 heterocycles. The van der Waals surface area contributed by atoms with Crippen LogP contribution >= 0.6 is 0 Å². The number of hydrogen-bond donors (Lipinski definition) is 1. The molecule has 2 aromatic rings. The lowest BCUT2D eigenvalue weighted by Crippen LogP contribution is -2.43. The molecule has 1 aromatic carbocycles. The van der Waals surface area contributed by atoms with Gasteiger partial charge in [-0.25, -0.2) is 4.98 Å². The Hall–Kier alpha value is -3.26. The molecular weight excluding hydrogens is 490 g/mol. The molecule has 0 aliphatic carbocycles. The second kappa shape index (κ2) is 12.7. The lowest BCUT2D eigenvalue weighted by molar-refractivity contribution is -0.140. The number of rotatable bonds is 10. The molecule has 210 valence electrons. The number of likely N-dealkylation sites (tertiary alicyclic amines) is 1. The van der Waals surface area contributed by atoms with Gasteiger partial charge in [-0.05, 0) is 82.3 Å². The fourth-order valence-corrected chi connectivity index (χ4v) is 5.91. The number of para-hydroxylation sites is 2. The first-order valence-electron chi connectivity index (χ1n) is 14.4. The number of amides is 3. The molecule has 0 atom stereocenters. The highest BCUT2D eigenvalue weighted by Gasteiger charge is 2.33. The summed E-state index contributed by atoms with van der Waals surface area (Å²) >= 11 is 0. The van der Waals surface area contributed by atoms with Crippen LogP contribution < -0.4 is 10.2 Å². The molecule has 4 rings (SSSR count). The zero-order valence-electron chi connectivity index (χ0n) is 23.9. The number of pyridine rings is 1. The minimum absolute atomic E-state index is 0.0934. The summed E-state index contributed by atoms with van der Waals surface area (Å²) in [4.78, 5) is 49.7. The summed E-state index contributed by atoms with van der Waals surface area (Å²) in [6.07, 6.45) is 7.74. The van der Waals surface area contributed by atoms with Gasteiger partial charge in [-0.15, -0.1) is 0 Å². The molecule has 8 nitrogen and oxygen atoms in total. The molecular formula is C31H43N5O3. The summed E-state index contributed by atoms with van der Waals surface area (Å²) in [5.74, 6) is 0.889. The van der Waals surface area contributed by atoms with Crippen molar-refractivity contribution in [3.05, 3.63) is 48.2 Å². The van der Waals surface area contributed by atoms with Gasteiger partial charge in [0.2, 0.25) is 11.8 Å². The van der Waals surface area contributed by atoms with Crippen LogP contribution in [-0.4, -0.2) is 65.2 Å². The number of aromatic nitrogens is 1. The quantitative estimate of drug-likeness (QED) is 0.437. The number of fused-ring (bicyclic) bond motifs is 2. The van der Waals surface area contributed by atoms with E-state index in [0.29, 0.717) is 28.7 Å². The van der Waals surface area contributed by atoms with Crippen molar-refractivity contribution in [1.29, 1.82) is 0 Å². The van der Waals surface area contributed by atoms with Crippen LogP contribution in [0.4, 0.5) is 17.2 Å². The average molecular weight is 534 g/mol. The van der Waals surface area contributed by atoms with Gasteiger partial charge in [0, 0.05) is 24.7 Å². The Morgan fingerprint density at radius 2 is 1.85 bits per heavy atom. The van der Waals surface area contributed by atoms with Gasteiger partial charge < -0.3 is 10.2 Å². The standard InChI is InChI=1S/C31H43N5O3/c1-5-17-31(3,4)30(39)35(6-2)19-10-11-23-15-20-34(21-16-23)22-27(37)36-26-14-8-7-13-25(26)33-29(38)24-12-9-18-32-28(24)36/h7-9,12-14,18,23H,5-6,10-11,15-17,19-22H2,1-4H3,(H,33,38). The number of carbonyl (C=O) groups is 3. The van der Waals surface area contributed by atoms with E-state index in [1.54, 1.807) is 23.2 Å². The van der Waals surface area contributed by atoms with E-state index in [1.165, 1.54) is 0 Å². The maximum atomic E-state index is 13.7. The summed E-state index contributed by atoms with van der Waals surface area (Å²) in [5, 5.41) is 2.91. The fraction of sp³-hybridized carbons (Fsp3) is 0.548. The van der Waals surface area contributed by atoms with Gasteiger partial charge in [0.05, 0.1) is 23.5 Å². The number of carbonyl (C=O) groups excluding carboxylic acids is 3. The maximum Gasteiger partial charge on any atom is 0.259 e. The van der Waals surface area contributed by atoms with E-state index in [4.69, 9.17) is 0 Å². The average Bonchev–Trinajstić information content (AvgIpc) is 3.05. The van der Waals surface area contributed by atoms with Crippen LogP contribution in [-0.2, 0) is 9.59 Å². The molecule has 1 saturated heterocycles. The Kier molecular flexibility index (Phi) is 9.38. The van der Waals surface area contributed by atoms with Gasteiger partial charge in [0.15, 0.2) is 5.82 Å². The smallest absolute Gasteiger partial charge is 0.259 e. The number of benzene rings is 1. The molecule has 39 heavy (non-hydrogen) atoms. The number of hydrogen-bond acceptors (Lipinski definition) is 5. The number of piperidine rings is 1. The highest BCUT2D eigenvalue weighted by Crippen LogP contribution is 2.36. The van der Waals surface area contributed by atoms with Crippen molar-refractivity contribution in [2.75, 3.05) is 42.9 Å². The molecule has 2 aliphatic rings. The largest absolute Gasteiger partial charge is 0.343 e. The van der Waals surface area contributed by atoms with Crippen molar-refractivity contribution < 1.29 is 14.4 Å². The highest BCUT2D eigenvalue weighted by molar-refractivity contribution is 6.17. The van der Waals surface area contributed by atoms with Gasteiger partial charge >= 0.3 is 0 Å². The first-order valence-corrected chi connectivity index (χ1v) is 14.4. The van der Waals surface area contributed by atoms with Crippen molar-refractivity contribution >= 4 is 34.9 Å². The fourth-order valence-electron chi connectivity index (χ4n) is 5.91. The van der Waals surface area contributed by atoms with Crippen LogP contribution in [0.5, 0.6) is 0 Å².